The van der Waals surface area contributed by atoms with E-state index < -0.39 is 0 Å². The van der Waals surface area contributed by atoms with Gasteiger partial charge in [-0.05, 0) is 98.7 Å². The van der Waals surface area contributed by atoms with Crippen LogP contribution in [0.15, 0.2) is 16.9 Å². The first-order valence-electron chi connectivity index (χ1n) is 17.1. The quantitative estimate of drug-likeness (QED) is 0.242. The van der Waals surface area contributed by atoms with Gasteiger partial charge in [0.15, 0.2) is 2.74 Å². The zero-order valence-corrected chi connectivity index (χ0v) is 30.5. The van der Waals surface area contributed by atoms with E-state index in [-0.39, 0.29) is 2.74 Å². The lowest BCUT2D eigenvalue weighted by Gasteiger charge is -2.50. The van der Waals surface area contributed by atoms with Crippen LogP contribution in [-0.2, 0) is 0 Å². The minimum Gasteiger partial charge on any atom is -0.113 e. The van der Waals surface area contributed by atoms with Crippen LogP contribution in [-0.4, -0.2) is 23.7 Å². The van der Waals surface area contributed by atoms with E-state index in [0.29, 0.717) is 0 Å². The minimum absolute atomic E-state index is 0.250. The van der Waals surface area contributed by atoms with E-state index in [1.807, 2.05) is 0 Å². The van der Waals surface area contributed by atoms with Gasteiger partial charge in [-0.1, -0.05) is 98.4 Å². The summed E-state index contributed by atoms with van der Waals surface area (Å²) in [5.41, 5.74) is 0. The van der Waals surface area contributed by atoms with Gasteiger partial charge < -0.3 is 0 Å². The van der Waals surface area contributed by atoms with Crippen LogP contribution in [0.25, 0.3) is 0 Å². The predicted molar refractivity (Wildman–Crippen MR) is 194 cm³/mol. The smallest absolute Gasteiger partial charge is 0.113 e. The monoisotopic (exact) mass is 696 g/mol. The van der Waals surface area contributed by atoms with Crippen molar-refractivity contribution in [3.05, 3.63) is 16.9 Å². The molecule has 0 amide bonds. The summed E-state index contributed by atoms with van der Waals surface area (Å²) in [4.78, 5) is 0. The van der Waals surface area contributed by atoms with Crippen molar-refractivity contribution in [2.24, 2.45) is 47.3 Å². The largest absolute Gasteiger partial charge is 0.173 e. The van der Waals surface area contributed by atoms with Crippen molar-refractivity contribution in [2.75, 3.05) is 0 Å². The molecule has 0 aromatic rings. The molecule has 12 unspecified atom stereocenters. The van der Waals surface area contributed by atoms with Crippen molar-refractivity contribution in [1.29, 1.82) is 0 Å². The molecular formula is C33H44S8. The Kier molecular flexibility index (Phi) is 7.72. The van der Waals surface area contributed by atoms with Crippen molar-refractivity contribution >= 4 is 94.1 Å². The summed E-state index contributed by atoms with van der Waals surface area (Å²) in [6.45, 7) is 0. The lowest BCUT2D eigenvalue weighted by atomic mass is 9.60. The van der Waals surface area contributed by atoms with Gasteiger partial charge in [-0.15, -0.1) is 47.0 Å². The Bertz CT molecular complexity index is 973. The highest BCUT2D eigenvalue weighted by molar-refractivity contribution is 8.60. The maximum Gasteiger partial charge on any atom is 0.173 e. The molecule has 0 radical (unpaired) electrons. The van der Waals surface area contributed by atoms with Crippen LogP contribution in [0, 0.1) is 47.3 Å². The van der Waals surface area contributed by atoms with Crippen LogP contribution < -0.4 is 0 Å². The predicted octanol–water partition coefficient (Wildman–Crippen LogP) is 12.5. The molecule has 10 rings (SSSR count). The highest BCUT2D eigenvalue weighted by Crippen LogP contribution is 2.81. The van der Waals surface area contributed by atoms with Gasteiger partial charge in [0.05, 0.1) is 16.9 Å². The maximum atomic E-state index is 2.35. The van der Waals surface area contributed by atoms with Crippen LogP contribution in [0.5, 0.6) is 0 Å². The molecule has 6 saturated carbocycles. The molecule has 6 aliphatic carbocycles. The SMILES string of the molecule is C1CCC2CC3CC4SC5=C(SC4CC3CC2C1)SC1(S5)SC2=C(SC3CC4CC5CCCCC5CC4CC3S2)S1. The molecule has 12 atom stereocenters. The van der Waals surface area contributed by atoms with Gasteiger partial charge in [0, 0.05) is 21.0 Å². The molecular weight excluding hydrogens is 653 g/mol. The highest BCUT2D eigenvalue weighted by Gasteiger charge is 2.56. The summed E-state index contributed by atoms with van der Waals surface area (Å²) >= 11 is 18.5. The first-order chi connectivity index (χ1) is 20.1. The molecule has 41 heavy (non-hydrogen) atoms. The molecule has 1 spiro atoms. The third-order valence-electron chi connectivity index (χ3n) is 13.1. The fourth-order valence-electron chi connectivity index (χ4n) is 11.2. The number of hydrogen-bond acceptors (Lipinski definition) is 8. The Hall–Kier alpha value is 2.28. The summed E-state index contributed by atoms with van der Waals surface area (Å²) < 4.78 is 7.16. The third-order valence-corrected chi connectivity index (χ3v) is 27.2. The van der Waals surface area contributed by atoms with Gasteiger partial charge >= 0.3 is 0 Å². The minimum atomic E-state index is 0.250. The van der Waals surface area contributed by atoms with Crippen molar-refractivity contribution in [2.45, 2.75) is 126 Å². The summed E-state index contributed by atoms with van der Waals surface area (Å²) in [7, 11) is 0. The highest BCUT2D eigenvalue weighted by atomic mass is 32.3. The number of thioether (sulfide) groups is 8. The van der Waals surface area contributed by atoms with Crippen LogP contribution in [0.1, 0.15) is 103 Å². The summed E-state index contributed by atoms with van der Waals surface area (Å²) in [5, 5.41) is 3.56. The van der Waals surface area contributed by atoms with E-state index in [9.17, 15) is 0 Å². The number of fused-ring (bicyclic) bond motifs is 6. The lowest BCUT2D eigenvalue weighted by molar-refractivity contribution is 0.0554. The zero-order valence-electron chi connectivity index (χ0n) is 24.0. The van der Waals surface area contributed by atoms with Gasteiger partial charge in [-0.2, -0.15) is 0 Å². The summed E-state index contributed by atoms with van der Waals surface area (Å²) in [6.07, 6.45) is 24.8. The maximum absolute atomic E-state index is 2.35. The van der Waals surface area contributed by atoms with E-state index in [1.54, 1.807) is 68.3 Å². The van der Waals surface area contributed by atoms with Crippen molar-refractivity contribution < 1.29 is 0 Å². The fraction of sp³-hybridized carbons (Fsp3) is 0.879. The van der Waals surface area contributed by atoms with Crippen LogP contribution in [0.4, 0.5) is 0 Å². The third kappa shape index (κ3) is 5.07. The first kappa shape index (κ1) is 28.3. The molecule has 10 aliphatic rings. The molecule has 0 nitrogen and oxygen atoms in total. The Morgan fingerprint density at radius 1 is 0.341 bits per heavy atom. The molecule has 0 saturated heterocycles. The lowest BCUT2D eigenvalue weighted by Crippen LogP contribution is -2.43. The second-order valence-electron chi connectivity index (χ2n) is 15.2. The van der Waals surface area contributed by atoms with Crippen molar-refractivity contribution in [1.82, 2.24) is 0 Å². The van der Waals surface area contributed by atoms with Crippen molar-refractivity contribution in [3.8, 4) is 0 Å². The molecule has 0 aromatic carbocycles. The van der Waals surface area contributed by atoms with E-state index in [1.165, 1.54) is 51.4 Å². The van der Waals surface area contributed by atoms with Gasteiger partial charge in [0.1, 0.15) is 0 Å². The number of rotatable bonds is 0. The van der Waals surface area contributed by atoms with Gasteiger partial charge in [0.2, 0.25) is 0 Å². The molecule has 224 valence electrons. The Morgan fingerprint density at radius 3 is 0.878 bits per heavy atom. The standard InChI is InChI=1S/C33H44S8/c1-2-6-18-10-22-14-26-25(13-21(22)9-17(18)5-1)34-29-30(35-26)39-33(38-29)40-31-32(41-33)37-28-16-24-12-20-8-4-3-7-19(20)11-23(24)15-27(28)36-31/h17-28H,1-16H2. The second kappa shape index (κ2) is 11.2. The first-order valence-corrected chi connectivity index (χ1v) is 23.8. The Labute approximate surface area is 282 Å². The average Bonchev–Trinajstić information content (AvgIpc) is 3.50. The number of hydrogen-bond donors (Lipinski definition) is 0. The summed E-state index contributed by atoms with van der Waals surface area (Å²) in [6, 6.07) is 0. The normalized spacial score (nSPS) is 53.9. The molecule has 8 heteroatoms. The van der Waals surface area contributed by atoms with E-state index >= 15 is 0 Å². The molecule has 0 bridgehead atoms. The zero-order chi connectivity index (χ0) is 26.7. The van der Waals surface area contributed by atoms with Gasteiger partial charge in [-0.25, -0.2) is 0 Å². The van der Waals surface area contributed by atoms with Crippen LogP contribution in [0.2, 0.25) is 0 Å². The Morgan fingerprint density at radius 2 is 0.610 bits per heavy atom. The molecule has 0 aromatic heterocycles. The van der Waals surface area contributed by atoms with E-state index in [2.05, 4.69) is 94.1 Å². The van der Waals surface area contributed by atoms with Gasteiger partial charge in [0.25, 0.3) is 0 Å². The second-order valence-corrected chi connectivity index (χ2v) is 27.7. The molecule has 4 aliphatic heterocycles. The molecule has 4 heterocycles. The van der Waals surface area contributed by atoms with Crippen molar-refractivity contribution in [3.63, 3.8) is 0 Å². The van der Waals surface area contributed by atoms with E-state index in [4.69, 9.17) is 0 Å². The fourth-order valence-corrected chi connectivity index (χ4v) is 28.8. The van der Waals surface area contributed by atoms with Gasteiger partial charge in [-0.3, -0.25) is 0 Å². The molecule has 6 fully saturated rings. The van der Waals surface area contributed by atoms with Crippen LogP contribution >= 0.6 is 94.1 Å². The van der Waals surface area contributed by atoms with E-state index in [0.717, 1.165) is 68.3 Å². The molecule has 0 N–H and O–H groups in total. The van der Waals surface area contributed by atoms with Crippen LogP contribution in [0.3, 0.4) is 0 Å². The average molecular weight is 697 g/mol. The summed E-state index contributed by atoms with van der Waals surface area (Å²) in [5.74, 6) is 8.55. The Balaban J connectivity index is 0.803. The topological polar surface area (TPSA) is 0 Å².